The van der Waals surface area contributed by atoms with E-state index in [4.69, 9.17) is 4.74 Å². The highest BCUT2D eigenvalue weighted by molar-refractivity contribution is 9.10. The lowest BCUT2D eigenvalue weighted by Crippen LogP contribution is -2.24. The number of anilines is 1. The Hall–Kier alpha value is -1.36. The van der Waals surface area contributed by atoms with Gasteiger partial charge in [-0.3, -0.25) is 9.59 Å². The molecule has 0 aliphatic rings. The summed E-state index contributed by atoms with van der Waals surface area (Å²) in [7, 11) is 0. The van der Waals surface area contributed by atoms with Crippen molar-refractivity contribution in [1.29, 1.82) is 0 Å². The second-order valence-corrected chi connectivity index (χ2v) is 8.07. The summed E-state index contributed by atoms with van der Waals surface area (Å²) < 4.78 is 4.92. The molecular formula is C17H24BrNO3. The highest BCUT2D eigenvalue weighted by Gasteiger charge is 2.26. The molecule has 0 saturated heterocycles. The number of hydrogen-bond donors (Lipinski definition) is 1. The number of carbonyl (C=O) groups excluding carboxylic acids is 2. The maximum atomic E-state index is 12.3. The number of benzene rings is 1. The van der Waals surface area contributed by atoms with E-state index < -0.39 is 4.32 Å². The van der Waals surface area contributed by atoms with Gasteiger partial charge in [-0.1, -0.05) is 29.8 Å². The standard InChI is InChI=1S/C17H24BrNO3/c1-6-22-14-10-12(16(21)17(4,5)18)7-8-13(14)19-15(20)9-11(2)3/h7-8,10-11H,6,9H2,1-5H3,(H,19,20). The fourth-order valence-corrected chi connectivity index (χ4v) is 2.19. The summed E-state index contributed by atoms with van der Waals surface area (Å²) in [6, 6.07) is 5.11. The molecule has 22 heavy (non-hydrogen) atoms. The van der Waals surface area contributed by atoms with Crippen molar-refractivity contribution in [2.75, 3.05) is 11.9 Å². The number of rotatable bonds is 7. The van der Waals surface area contributed by atoms with Crippen LogP contribution in [0, 0.1) is 5.92 Å². The molecule has 122 valence electrons. The van der Waals surface area contributed by atoms with Crippen LogP contribution in [-0.2, 0) is 4.79 Å². The van der Waals surface area contributed by atoms with E-state index >= 15 is 0 Å². The molecule has 5 heteroatoms. The van der Waals surface area contributed by atoms with Gasteiger partial charge in [-0.15, -0.1) is 0 Å². The van der Waals surface area contributed by atoms with Gasteiger partial charge in [0.2, 0.25) is 5.91 Å². The Bertz CT molecular complexity index is 547. The molecule has 1 N–H and O–H groups in total. The Balaban J connectivity index is 3.05. The first-order chi connectivity index (χ1) is 10.1. The van der Waals surface area contributed by atoms with Gasteiger partial charge < -0.3 is 10.1 Å². The molecule has 0 saturated carbocycles. The minimum Gasteiger partial charge on any atom is -0.492 e. The highest BCUT2D eigenvalue weighted by Crippen LogP contribution is 2.30. The van der Waals surface area contributed by atoms with Gasteiger partial charge in [0.1, 0.15) is 5.75 Å². The summed E-state index contributed by atoms with van der Waals surface area (Å²) in [5, 5.41) is 2.84. The van der Waals surface area contributed by atoms with Gasteiger partial charge in [0.05, 0.1) is 16.6 Å². The third-order valence-electron chi connectivity index (χ3n) is 2.95. The highest BCUT2D eigenvalue weighted by atomic mass is 79.9. The molecule has 0 fully saturated rings. The Labute approximate surface area is 140 Å². The number of alkyl halides is 1. The van der Waals surface area contributed by atoms with Crippen LogP contribution in [0.25, 0.3) is 0 Å². The van der Waals surface area contributed by atoms with Gasteiger partial charge in [-0.2, -0.15) is 0 Å². The van der Waals surface area contributed by atoms with Gasteiger partial charge in [0.15, 0.2) is 5.78 Å². The summed E-state index contributed by atoms with van der Waals surface area (Å²) in [5.41, 5.74) is 1.14. The Morgan fingerprint density at radius 3 is 2.45 bits per heavy atom. The maximum absolute atomic E-state index is 12.3. The molecule has 1 amide bonds. The fraction of sp³-hybridized carbons (Fsp3) is 0.529. The number of ketones is 1. The molecule has 0 bridgehead atoms. The molecule has 4 nitrogen and oxygen atoms in total. The zero-order chi connectivity index (χ0) is 16.9. The van der Waals surface area contributed by atoms with Crippen LogP contribution in [0.1, 0.15) is 51.4 Å². The Morgan fingerprint density at radius 1 is 1.32 bits per heavy atom. The van der Waals surface area contributed by atoms with Crippen molar-refractivity contribution >= 4 is 33.3 Å². The van der Waals surface area contributed by atoms with E-state index in [0.29, 0.717) is 30.0 Å². The zero-order valence-electron chi connectivity index (χ0n) is 13.8. The monoisotopic (exact) mass is 369 g/mol. The van der Waals surface area contributed by atoms with Crippen LogP contribution in [-0.4, -0.2) is 22.6 Å². The average Bonchev–Trinajstić information content (AvgIpc) is 2.38. The lowest BCUT2D eigenvalue weighted by atomic mass is 10.00. The van der Waals surface area contributed by atoms with Gasteiger partial charge in [-0.25, -0.2) is 0 Å². The lowest BCUT2D eigenvalue weighted by molar-refractivity contribution is -0.116. The molecule has 0 aliphatic carbocycles. The summed E-state index contributed by atoms with van der Waals surface area (Å²) in [6.07, 6.45) is 0.445. The molecule has 0 radical (unpaired) electrons. The molecule has 0 aliphatic heterocycles. The van der Waals surface area contributed by atoms with Crippen molar-refractivity contribution in [3.8, 4) is 5.75 Å². The number of Topliss-reactive ketones (excluding diaryl/α,β-unsaturated/α-hetero) is 1. The first-order valence-corrected chi connectivity index (χ1v) is 8.24. The molecule has 0 unspecified atom stereocenters. The third kappa shape index (κ3) is 5.44. The second kappa shape index (κ2) is 7.77. The molecule has 0 heterocycles. The van der Waals surface area contributed by atoms with E-state index in [9.17, 15) is 9.59 Å². The average molecular weight is 370 g/mol. The van der Waals surface area contributed by atoms with Crippen molar-refractivity contribution in [3.05, 3.63) is 23.8 Å². The van der Waals surface area contributed by atoms with E-state index in [1.807, 2.05) is 20.8 Å². The Morgan fingerprint density at radius 2 is 1.95 bits per heavy atom. The number of hydrogen-bond acceptors (Lipinski definition) is 3. The third-order valence-corrected chi connectivity index (χ3v) is 3.31. The second-order valence-electron chi connectivity index (χ2n) is 6.09. The smallest absolute Gasteiger partial charge is 0.224 e. The quantitative estimate of drug-likeness (QED) is 0.571. The van der Waals surface area contributed by atoms with Crippen LogP contribution in [0.2, 0.25) is 0 Å². The molecule has 0 spiro atoms. The van der Waals surface area contributed by atoms with Gasteiger partial charge in [0, 0.05) is 12.0 Å². The van der Waals surface area contributed by atoms with E-state index in [0.717, 1.165) is 0 Å². The maximum Gasteiger partial charge on any atom is 0.224 e. The largest absolute Gasteiger partial charge is 0.492 e. The first kappa shape index (κ1) is 18.7. The van der Waals surface area contributed by atoms with E-state index in [1.54, 1.807) is 32.0 Å². The topological polar surface area (TPSA) is 55.4 Å². The van der Waals surface area contributed by atoms with Crippen LogP contribution in [0.3, 0.4) is 0 Å². The van der Waals surface area contributed by atoms with Crippen molar-refractivity contribution in [3.63, 3.8) is 0 Å². The number of halogens is 1. The van der Waals surface area contributed by atoms with Crippen LogP contribution < -0.4 is 10.1 Å². The fourth-order valence-electron chi connectivity index (χ4n) is 1.96. The van der Waals surface area contributed by atoms with E-state index in [2.05, 4.69) is 21.2 Å². The number of nitrogens with one attached hydrogen (secondary N) is 1. The predicted molar refractivity (Wildman–Crippen MR) is 93.0 cm³/mol. The molecule has 1 rings (SSSR count). The van der Waals surface area contributed by atoms with Crippen molar-refractivity contribution in [2.45, 2.75) is 45.4 Å². The minimum atomic E-state index is -0.640. The molecule has 0 atom stereocenters. The van der Waals surface area contributed by atoms with Crippen LogP contribution >= 0.6 is 15.9 Å². The van der Waals surface area contributed by atoms with Gasteiger partial charge >= 0.3 is 0 Å². The van der Waals surface area contributed by atoms with Crippen LogP contribution in [0.5, 0.6) is 5.75 Å². The van der Waals surface area contributed by atoms with Gasteiger partial charge in [0.25, 0.3) is 0 Å². The van der Waals surface area contributed by atoms with Gasteiger partial charge in [-0.05, 0) is 44.9 Å². The molecule has 0 aromatic heterocycles. The van der Waals surface area contributed by atoms with E-state index in [-0.39, 0.29) is 17.6 Å². The summed E-state index contributed by atoms with van der Waals surface area (Å²) >= 11 is 3.37. The van der Waals surface area contributed by atoms with Crippen LogP contribution in [0.15, 0.2) is 18.2 Å². The predicted octanol–water partition coefficient (Wildman–Crippen LogP) is 4.43. The number of carbonyl (C=O) groups is 2. The lowest BCUT2D eigenvalue weighted by Gasteiger charge is -2.17. The molecule has 1 aromatic rings. The summed E-state index contributed by atoms with van der Waals surface area (Å²) in [6.45, 7) is 9.90. The van der Waals surface area contributed by atoms with Crippen LogP contribution in [0.4, 0.5) is 5.69 Å². The first-order valence-electron chi connectivity index (χ1n) is 7.45. The summed E-state index contributed by atoms with van der Waals surface area (Å²) in [5.74, 6) is 0.706. The Kier molecular flexibility index (Phi) is 6.60. The molecule has 1 aromatic carbocycles. The van der Waals surface area contributed by atoms with Crippen molar-refractivity contribution < 1.29 is 14.3 Å². The van der Waals surface area contributed by atoms with E-state index in [1.165, 1.54) is 0 Å². The minimum absolute atomic E-state index is 0.0338. The van der Waals surface area contributed by atoms with Crippen molar-refractivity contribution in [2.24, 2.45) is 5.92 Å². The summed E-state index contributed by atoms with van der Waals surface area (Å²) in [4.78, 5) is 24.2. The number of ether oxygens (including phenoxy) is 1. The van der Waals surface area contributed by atoms with Crippen molar-refractivity contribution in [1.82, 2.24) is 0 Å². The SMILES string of the molecule is CCOc1cc(C(=O)C(C)(C)Br)ccc1NC(=O)CC(C)C. The normalized spacial score (nSPS) is 11.4. The molecular weight excluding hydrogens is 346 g/mol. The zero-order valence-corrected chi connectivity index (χ0v) is 15.4. The number of amides is 1.